The highest BCUT2D eigenvalue weighted by molar-refractivity contribution is 5.73. The van der Waals surface area contributed by atoms with Crippen molar-refractivity contribution in [3.63, 3.8) is 0 Å². The topological polar surface area (TPSA) is 48.1 Å². The summed E-state index contributed by atoms with van der Waals surface area (Å²) in [6.07, 6.45) is 3.91. The summed E-state index contributed by atoms with van der Waals surface area (Å²) in [6, 6.07) is 6.36. The summed E-state index contributed by atoms with van der Waals surface area (Å²) in [7, 11) is 8.02. The van der Waals surface area contributed by atoms with Gasteiger partial charge in [-0.15, -0.1) is 0 Å². The Morgan fingerprint density at radius 3 is 2.63 bits per heavy atom. The third kappa shape index (κ3) is 6.26. The van der Waals surface area contributed by atoms with Gasteiger partial charge in [-0.3, -0.25) is 4.79 Å². The highest BCUT2D eigenvalue weighted by Crippen LogP contribution is 2.24. The Hall–Kier alpha value is -2.05. The van der Waals surface area contributed by atoms with Gasteiger partial charge >= 0.3 is 0 Å². The van der Waals surface area contributed by atoms with Gasteiger partial charge in [-0.2, -0.15) is 0 Å². The van der Waals surface area contributed by atoms with Gasteiger partial charge in [0.05, 0.1) is 7.11 Å². The molecule has 1 aromatic rings. The second-order valence-corrected chi connectivity index (χ2v) is 7.54. The summed E-state index contributed by atoms with van der Waals surface area (Å²) >= 11 is 0. The molecular formula is C21H34N4O2. The summed E-state index contributed by atoms with van der Waals surface area (Å²) in [6.45, 7) is 8.24. The lowest BCUT2D eigenvalue weighted by Crippen LogP contribution is -2.44. The monoisotopic (exact) mass is 374 g/mol. The molecule has 0 radical (unpaired) electrons. The van der Waals surface area contributed by atoms with Crippen LogP contribution in [0.15, 0.2) is 30.5 Å². The molecule has 150 valence electrons. The molecule has 1 saturated heterocycles. The number of benzene rings is 1. The fourth-order valence-electron chi connectivity index (χ4n) is 3.68. The first-order valence-electron chi connectivity index (χ1n) is 9.59. The SMILES string of the molecule is C=C(CN(C)C)N1CCC(N(C)CCc2cc(OC)ccc2NC=O)CC1. The third-order valence-corrected chi connectivity index (χ3v) is 5.29. The van der Waals surface area contributed by atoms with Crippen LogP contribution < -0.4 is 10.1 Å². The molecule has 0 unspecified atom stereocenters. The molecule has 0 atom stereocenters. The van der Waals surface area contributed by atoms with E-state index in [0.717, 1.165) is 68.9 Å². The molecule has 0 saturated carbocycles. The van der Waals surface area contributed by atoms with Gasteiger partial charge < -0.3 is 24.8 Å². The lowest BCUT2D eigenvalue weighted by molar-refractivity contribution is -0.105. The van der Waals surface area contributed by atoms with Crippen LogP contribution in [0.4, 0.5) is 5.69 Å². The second-order valence-electron chi connectivity index (χ2n) is 7.54. The number of anilines is 1. The number of rotatable bonds is 10. The molecule has 1 aromatic carbocycles. The van der Waals surface area contributed by atoms with Crippen molar-refractivity contribution in [1.82, 2.24) is 14.7 Å². The van der Waals surface area contributed by atoms with E-state index < -0.39 is 0 Å². The van der Waals surface area contributed by atoms with Crippen molar-refractivity contribution in [2.75, 3.05) is 59.7 Å². The Kier molecular flexibility index (Phi) is 8.13. The van der Waals surface area contributed by atoms with Gasteiger partial charge in [0.25, 0.3) is 0 Å². The lowest BCUT2D eigenvalue weighted by Gasteiger charge is -2.39. The van der Waals surface area contributed by atoms with Crippen molar-refractivity contribution in [3.05, 3.63) is 36.0 Å². The largest absolute Gasteiger partial charge is 0.497 e. The van der Waals surface area contributed by atoms with Crippen LogP contribution in [-0.2, 0) is 11.2 Å². The Morgan fingerprint density at radius 2 is 2.04 bits per heavy atom. The van der Waals surface area contributed by atoms with Crippen molar-refractivity contribution >= 4 is 12.1 Å². The number of likely N-dealkylation sites (N-methyl/N-ethyl adjacent to an activating group) is 2. The second kappa shape index (κ2) is 10.3. The molecule has 1 heterocycles. The number of piperidine rings is 1. The first kappa shape index (κ1) is 21.3. The molecule has 1 aliphatic rings. The standard InChI is InChI=1S/C21H34N4O2/c1-17(15-23(2)3)25-12-9-19(10-13-25)24(4)11-8-18-14-20(27-5)6-7-21(18)22-16-26/h6-7,14,16,19H,1,8-13,15H2,2-5H3,(H,22,26). The predicted molar refractivity (Wildman–Crippen MR) is 111 cm³/mol. The van der Waals surface area contributed by atoms with Crippen LogP contribution in [0.5, 0.6) is 5.75 Å². The first-order chi connectivity index (χ1) is 12.9. The van der Waals surface area contributed by atoms with Gasteiger partial charge in [-0.25, -0.2) is 0 Å². The van der Waals surface area contributed by atoms with E-state index in [4.69, 9.17) is 4.74 Å². The molecule has 0 spiro atoms. The Morgan fingerprint density at radius 1 is 1.33 bits per heavy atom. The minimum Gasteiger partial charge on any atom is -0.497 e. The Labute approximate surface area is 163 Å². The van der Waals surface area contributed by atoms with Gasteiger partial charge in [0.2, 0.25) is 6.41 Å². The van der Waals surface area contributed by atoms with E-state index in [1.54, 1.807) is 7.11 Å². The zero-order valence-corrected chi connectivity index (χ0v) is 17.2. The molecule has 1 N–H and O–H groups in total. The molecule has 6 nitrogen and oxygen atoms in total. The molecule has 1 aliphatic heterocycles. The summed E-state index contributed by atoms with van der Waals surface area (Å²) in [5, 5.41) is 2.79. The number of nitrogens with zero attached hydrogens (tertiary/aromatic N) is 3. The number of ether oxygens (including phenoxy) is 1. The van der Waals surface area contributed by atoms with E-state index >= 15 is 0 Å². The first-order valence-corrected chi connectivity index (χ1v) is 9.59. The smallest absolute Gasteiger partial charge is 0.211 e. The predicted octanol–water partition coefficient (Wildman–Crippen LogP) is 2.28. The molecule has 0 aromatic heterocycles. The maximum Gasteiger partial charge on any atom is 0.211 e. The number of amides is 1. The highest BCUT2D eigenvalue weighted by Gasteiger charge is 2.23. The van der Waals surface area contributed by atoms with Gasteiger partial charge in [-0.1, -0.05) is 6.58 Å². The molecule has 0 bridgehead atoms. The van der Waals surface area contributed by atoms with Crippen LogP contribution in [0.3, 0.4) is 0 Å². The Balaban J connectivity index is 1.87. The molecule has 27 heavy (non-hydrogen) atoms. The minimum atomic E-state index is 0.585. The number of methoxy groups -OCH3 is 1. The van der Waals surface area contributed by atoms with Gasteiger partial charge in [-0.05, 0) is 64.2 Å². The van der Waals surface area contributed by atoms with Crippen LogP contribution in [0.1, 0.15) is 18.4 Å². The number of nitrogens with one attached hydrogen (secondary N) is 1. The zero-order valence-electron chi connectivity index (χ0n) is 17.2. The van der Waals surface area contributed by atoms with Crippen LogP contribution in [0.25, 0.3) is 0 Å². The van der Waals surface area contributed by atoms with Gasteiger partial charge in [0.15, 0.2) is 0 Å². The van der Waals surface area contributed by atoms with Crippen molar-refractivity contribution < 1.29 is 9.53 Å². The van der Waals surface area contributed by atoms with Crippen molar-refractivity contribution in [1.29, 1.82) is 0 Å². The van der Waals surface area contributed by atoms with Crippen molar-refractivity contribution in [3.8, 4) is 5.75 Å². The van der Waals surface area contributed by atoms with Crippen LogP contribution in [0.2, 0.25) is 0 Å². The summed E-state index contributed by atoms with van der Waals surface area (Å²) in [5.41, 5.74) is 3.17. The maximum absolute atomic E-state index is 10.9. The van der Waals surface area contributed by atoms with E-state index in [2.05, 4.69) is 47.7 Å². The minimum absolute atomic E-state index is 0.585. The number of carbonyl (C=O) groups is 1. The summed E-state index contributed by atoms with van der Waals surface area (Å²) < 4.78 is 5.33. The normalized spacial score (nSPS) is 15.3. The van der Waals surface area contributed by atoms with E-state index in [1.807, 2.05) is 18.2 Å². The van der Waals surface area contributed by atoms with E-state index in [0.29, 0.717) is 6.04 Å². The van der Waals surface area contributed by atoms with E-state index in [1.165, 1.54) is 5.70 Å². The molecular weight excluding hydrogens is 340 g/mol. The lowest BCUT2D eigenvalue weighted by atomic mass is 10.0. The zero-order chi connectivity index (χ0) is 19.8. The number of hydrogen-bond acceptors (Lipinski definition) is 5. The maximum atomic E-state index is 10.9. The van der Waals surface area contributed by atoms with Gasteiger partial charge in [0.1, 0.15) is 5.75 Å². The van der Waals surface area contributed by atoms with Crippen LogP contribution >= 0.6 is 0 Å². The number of likely N-dealkylation sites (tertiary alicyclic amines) is 1. The molecule has 0 aliphatic carbocycles. The third-order valence-electron chi connectivity index (χ3n) is 5.29. The van der Waals surface area contributed by atoms with Crippen LogP contribution in [0, 0.1) is 0 Å². The average molecular weight is 375 g/mol. The molecule has 1 fully saturated rings. The summed E-state index contributed by atoms with van der Waals surface area (Å²) in [4.78, 5) is 17.9. The van der Waals surface area contributed by atoms with E-state index in [-0.39, 0.29) is 0 Å². The summed E-state index contributed by atoms with van der Waals surface area (Å²) in [5.74, 6) is 0.816. The van der Waals surface area contributed by atoms with Crippen molar-refractivity contribution in [2.45, 2.75) is 25.3 Å². The average Bonchev–Trinajstić information content (AvgIpc) is 2.66. The fourth-order valence-corrected chi connectivity index (χ4v) is 3.68. The Bertz CT molecular complexity index is 625. The molecule has 1 amide bonds. The molecule has 2 rings (SSSR count). The van der Waals surface area contributed by atoms with Gasteiger partial charge in [0, 0.05) is 43.6 Å². The fraction of sp³-hybridized carbons (Fsp3) is 0.571. The van der Waals surface area contributed by atoms with Crippen molar-refractivity contribution in [2.24, 2.45) is 0 Å². The molecule has 6 heteroatoms. The number of carbonyl (C=O) groups excluding carboxylic acids is 1. The number of hydrogen-bond donors (Lipinski definition) is 1. The van der Waals surface area contributed by atoms with E-state index in [9.17, 15) is 4.79 Å². The van der Waals surface area contributed by atoms with Crippen LogP contribution in [-0.4, -0.2) is 81.6 Å². The highest BCUT2D eigenvalue weighted by atomic mass is 16.5. The quantitative estimate of drug-likeness (QED) is 0.637.